The van der Waals surface area contributed by atoms with Crippen molar-refractivity contribution in [1.29, 1.82) is 0 Å². The molecule has 3 aromatic rings. The summed E-state index contributed by atoms with van der Waals surface area (Å²) in [6.45, 7) is -0.752. The molecule has 0 fully saturated rings. The summed E-state index contributed by atoms with van der Waals surface area (Å²) in [5.41, 5.74) is 6.17. The zero-order valence-corrected chi connectivity index (χ0v) is 15.8. The van der Waals surface area contributed by atoms with Gasteiger partial charge in [-0.3, -0.25) is 0 Å². The molecule has 0 saturated carbocycles. The lowest BCUT2D eigenvalue weighted by Crippen LogP contribution is -2.57. The van der Waals surface area contributed by atoms with Crippen molar-refractivity contribution in [2.75, 3.05) is 6.54 Å². The summed E-state index contributed by atoms with van der Waals surface area (Å²) in [6, 6.07) is 14.1. The molecule has 0 aliphatic carbocycles. The average molecular weight is 408 g/mol. The van der Waals surface area contributed by atoms with Gasteiger partial charge in [-0.05, 0) is 23.3 Å². The summed E-state index contributed by atoms with van der Waals surface area (Å²) < 4.78 is 42.7. The van der Waals surface area contributed by atoms with Crippen molar-refractivity contribution >= 4 is 6.02 Å². The molecule has 5 rings (SSSR count). The lowest BCUT2D eigenvalue weighted by atomic mass is 9.77. The molecule has 0 amide bonds. The van der Waals surface area contributed by atoms with E-state index >= 15 is 8.78 Å². The van der Waals surface area contributed by atoms with Gasteiger partial charge in [0.1, 0.15) is 24.7 Å². The van der Waals surface area contributed by atoms with Crippen molar-refractivity contribution in [2.24, 2.45) is 10.7 Å². The smallest absolute Gasteiger partial charge is 0.310 e. The molecule has 6 nitrogen and oxygen atoms in total. The van der Waals surface area contributed by atoms with Crippen LogP contribution in [0.5, 0.6) is 5.75 Å². The molecule has 2 atom stereocenters. The summed E-state index contributed by atoms with van der Waals surface area (Å²) in [4.78, 5) is 11.7. The first-order valence-corrected chi connectivity index (χ1v) is 9.47. The fraction of sp³-hybridized carbons (Fsp3) is 0.227. The van der Waals surface area contributed by atoms with E-state index in [0.29, 0.717) is 16.9 Å². The van der Waals surface area contributed by atoms with E-state index in [-0.39, 0.29) is 18.0 Å². The Bertz CT molecular complexity index is 1110. The summed E-state index contributed by atoms with van der Waals surface area (Å²) in [5, 5.41) is 0. The van der Waals surface area contributed by atoms with Gasteiger partial charge in [-0.1, -0.05) is 36.4 Å². The highest BCUT2D eigenvalue weighted by Crippen LogP contribution is 2.55. The molecule has 2 aliphatic rings. The Morgan fingerprint density at radius 2 is 1.77 bits per heavy atom. The SMILES string of the molecule is NC1=NCC(F)(F)[C@]2(CC(c3ccccc3)Oc3ccc(-c4cncnc4)cc32)O1. The molecule has 152 valence electrons. The van der Waals surface area contributed by atoms with E-state index in [1.807, 2.05) is 30.3 Å². The van der Waals surface area contributed by atoms with Crippen LogP contribution in [0.4, 0.5) is 8.78 Å². The predicted octanol–water partition coefficient (Wildman–Crippen LogP) is 3.84. The van der Waals surface area contributed by atoms with Gasteiger partial charge in [-0.25, -0.2) is 15.0 Å². The zero-order valence-electron chi connectivity index (χ0n) is 15.8. The van der Waals surface area contributed by atoms with Crippen molar-refractivity contribution in [3.63, 3.8) is 0 Å². The second-order valence-corrected chi connectivity index (χ2v) is 7.35. The molecule has 2 N–H and O–H groups in total. The summed E-state index contributed by atoms with van der Waals surface area (Å²) >= 11 is 0. The van der Waals surface area contributed by atoms with Crippen LogP contribution in [0.1, 0.15) is 23.7 Å². The lowest BCUT2D eigenvalue weighted by Gasteiger charge is -2.47. The van der Waals surface area contributed by atoms with Gasteiger partial charge in [-0.15, -0.1) is 0 Å². The average Bonchev–Trinajstić information content (AvgIpc) is 2.78. The maximum Gasteiger partial charge on any atom is 0.310 e. The van der Waals surface area contributed by atoms with Gasteiger partial charge in [-0.2, -0.15) is 8.78 Å². The minimum absolute atomic E-state index is 0.109. The molecule has 0 radical (unpaired) electrons. The largest absolute Gasteiger partial charge is 0.485 e. The number of amidine groups is 1. The Balaban J connectivity index is 1.69. The first-order valence-electron chi connectivity index (χ1n) is 9.47. The van der Waals surface area contributed by atoms with Crippen LogP contribution in [-0.2, 0) is 10.3 Å². The number of hydrogen-bond acceptors (Lipinski definition) is 6. The van der Waals surface area contributed by atoms with E-state index in [2.05, 4.69) is 15.0 Å². The molecule has 30 heavy (non-hydrogen) atoms. The molecular weight excluding hydrogens is 390 g/mol. The monoisotopic (exact) mass is 408 g/mol. The lowest BCUT2D eigenvalue weighted by molar-refractivity contribution is -0.202. The molecule has 1 spiro atoms. The number of aromatic nitrogens is 2. The maximum atomic E-state index is 15.5. The van der Waals surface area contributed by atoms with Crippen molar-refractivity contribution in [3.8, 4) is 16.9 Å². The van der Waals surface area contributed by atoms with Crippen LogP contribution >= 0.6 is 0 Å². The zero-order chi connectivity index (χ0) is 20.8. The quantitative estimate of drug-likeness (QED) is 0.697. The number of rotatable bonds is 2. The number of alkyl halides is 2. The Morgan fingerprint density at radius 3 is 2.53 bits per heavy atom. The van der Waals surface area contributed by atoms with E-state index in [1.54, 1.807) is 30.6 Å². The van der Waals surface area contributed by atoms with E-state index in [4.69, 9.17) is 15.2 Å². The number of fused-ring (bicyclic) bond motifs is 2. The van der Waals surface area contributed by atoms with Gasteiger partial charge in [0.25, 0.3) is 6.02 Å². The van der Waals surface area contributed by atoms with Crippen molar-refractivity contribution in [3.05, 3.63) is 78.4 Å². The molecule has 3 heterocycles. The topological polar surface area (TPSA) is 82.6 Å². The fourth-order valence-electron chi connectivity index (χ4n) is 4.03. The van der Waals surface area contributed by atoms with E-state index in [9.17, 15) is 0 Å². The van der Waals surface area contributed by atoms with Gasteiger partial charge in [0.15, 0.2) is 0 Å². The molecule has 0 bridgehead atoms. The first-order chi connectivity index (χ1) is 14.5. The van der Waals surface area contributed by atoms with Crippen LogP contribution in [0.25, 0.3) is 11.1 Å². The van der Waals surface area contributed by atoms with Crippen LogP contribution in [0.3, 0.4) is 0 Å². The molecule has 8 heteroatoms. The van der Waals surface area contributed by atoms with Crippen molar-refractivity contribution in [1.82, 2.24) is 9.97 Å². The minimum atomic E-state index is -3.28. The molecule has 1 aromatic heterocycles. The summed E-state index contributed by atoms with van der Waals surface area (Å²) in [7, 11) is 0. The number of halogens is 2. The third kappa shape index (κ3) is 2.87. The number of nitrogens with two attached hydrogens (primary N) is 1. The number of nitrogens with zero attached hydrogens (tertiary/aromatic N) is 3. The third-order valence-electron chi connectivity index (χ3n) is 5.53. The van der Waals surface area contributed by atoms with E-state index in [0.717, 1.165) is 5.56 Å². The van der Waals surface area contributed by atoms with E-state index < -0.39 is 24.2 Å². The van der Waals surface area contributed by atoms with Crippen LogP contribution in [-0.4, -0.2) is 28.5 Å². The Labute approximate surface area is 171 Å². The van der Waals surface area contributed by atoms with Gasteiger partial charge < -0.3 is 15.2 Å². The molecule has 0 saturated heterocycles. The van der Waals surface area contributed by atoms with Gasteiger partial charge in [0, 0.05) is 29.9 Å². The highest BCUT2D eigenvalue weighted by atomic mass is 19.3. The Kier molecular flexibility index (Phi) is 4.16. The van der Waals surface area contributed by atoms with Crippen LogP contribution < -0.4 is 10.5 Å². The second-order valence-electron chi connectivity index (χ2n) is 7.35. The Morgan fingerprint density at radius 1 is 1.00 bits per heavy atom. The highest BCUT2D eigenvalue weighted by molar-refractivity contribution is 5.74. The molecule has 2 aromatic carbocycles. The minimum Gasteiger partial charge on any atom is -0.485 e. The van der Waals surface area contributed by atoms with Crippen LogP contribution in [0, 0.1) is 0 Å². The first kappa shape index (κ1) is 18.5. The van der Waals surface area contributed by atoms with E-state index in [1.165, 1.54) is 6.33 Å². The fourth-order valence-corrected chi connectivity index (χ4v) is 4.03. The summed E-state index contributed by atoms with van der Waals surface area (Å²) in [5.74, 6) is -2.96. The highest BCUT2D eigenvalue weighted by Gasteiger charge is 2.63. The van der Waals surface area contributed by atoms with Crippen molar-refractivity contribution in [2.45, 2.75) is 24.0 Å². The van der Waals surface area contributed by atoms with Crippen molar-refractivity contribution < 1.29 is 18.3 Å². The number of hydrogen-bond donors (Lipinski definition) is 1. The number of benzene rings is 2. The second kappa shape index (κ2) is 6.76. The van der Waals surface area contributed by atoms with Gasteiger partial charge >= 0.3 is 5.92 Å². The standard InChI is InChI=1S/C22H18F2N4O2/c23-22(24)12-28-20(25)30-21(22)9-19(14-4-2-1-3-5-14)29-18-7-6-15(8-17(18)21)16-10-26-13-27-11-16/h1-8,10-11,13,19H,9,12H2,(H2,25,28)/t19?,21-/m1/s1. The molecule has 2 aliphatic heterocycles. The number of ether oxygens (including phenoxy) is 2. The van der Waals surface area contributed by atoms with Gasteiger partial charge in [0.2, 0.25) is 5.60 Å². The number of aliphatic imine (C=N–C) groups is 1. The van der Waals surface area contributed by atoms with Crippen LogP contribution in [0.2, 0.25) is 0 Å². The normalized spacial score (nSPS) is 24.3. The Hall–Kier alpha value is -3.55. The van der Waals surface area contributed by atoms with Gasteiger partial charge in [0.05, 0.1) is 0 Å². The van der Waals surface area contributed by atoms with Crippen LogP contribution in [0.15, 0.2) is 72.2 Å². The molecule has 1 unspecified atom stereocenters. The molecular formula is C22H18F2N4O2. The third-order valence-corrected chi connectivity index (χ3v) is 5.53. The predicted molar refractivity (Wildman–Crippen MR) is 106 cm³/mol. The summed E-state index contributed by atoms with van der Waals surface area (Å²) in [6.07, 6.45) is 3.91. The maximum absolute atomic E-state index is 15.5.